The quantitative estimate of drug-likeness (QED) is 0.830. The van der Waals surface area contributed by atoms with Gasteiger partial charge in [-0.2, -0.15) is 5.10 Å². The second kappa shape index (κ2) is 5.52. The number of piperidine rings is 1. The fourth-order valence-corrected chi connectivity index (χ4v) is 2.34. The van der Waals surface area contributed by atoms with Crippen molar-refractivity contribution in [3.05, 3.63) is 17.5 Å². The van der Waals surface area contributed by atoms with Gasteiger partial charge in [0.2, 0.25) is 0 Å². The number of carbonyl (C=O) groups is 1. The fraction of sp³-hybridized carbons (Fsp3) is 0.692. The van der Waals surface area contributed by atoms with Gasteiger partial charge in [-0.15, -0.1) is 0 Å². The van der Waals surface area contributed by atoms with Crippen LogP contribution in [-0.4, -0.2) is 34.8 Å². The maximum absolute atomic E-state index is 12.2. The normalized spacial score (nSPS) is 23.9. The van der Waals surface area contributed by atoms with Gasteiger partial charge in [-0.25, -0.2) is 0 Å². The SMILES string of the molecule is CCc1cc(C(=O)NC2CNCCC2C)n(C)n1. The molecular formula is C13H22N4O. The van der Waals surface area contributed by atoms with E-state index in [0.29, 0.717) is 11.6 Å². The maximum atomic E-state index is 12.2. The Labute approximate surface area is 108 Å². The second-order valence-corrected chi connectivity index (χ2v) is 5.05. The topological polar surface area (TPSA) is 59.0 Å². The van der Waals surface area contributed by atoms with Gasteiger partial charge in [-0.3, -0.25) is 9.48 Å². The number of amides is 1. The largest absolute Gasteiger partial charge is 0.346 e. The zero-order valence-corrected chi connectivity index (χ0v) is 11.4. The van der Waals surface area contributed by atoms with Crippen LogP contribution in [0, 0.1) is 5.92 Å². The van der Waals surface area contributed by atoms with Crippen molar-refractivity contribution in [3.63, 3.8) is 0 Å². The van der Waals surface area contributed by atoms with Gasteiger partial charge >= 0.3 is 0 Å². The van der Waals surface area contributed by atoms with E-state index in [1.807, 2.05) is 20.0 Å². The van der Waals surface area contributed by atoms with Gasteiger partial charge in [-0.05, 0) is 31.4 Å². The molecule has 2 atom stereocenters. The van der Waals surface area contributed by atoms with Gasteiger partial charge in [0.15, 0.2) is 0 Å². The summed E-state index contributed by atoms with van der Waals surface area (Å²) in [5, 5.41) is 10.7. The predicted octanol–water partition coefficient (Wildman–Crippen LogP) is 0.710. The Morgan fingerprint density at radius 2 is 2.44 bits per heavy atom. The summed E-state index contributed by atoms with van der Waals surface area (Å²) in [4.78, 5) is 12.2. The molecule has 1 aliphatic heterocycles. The third-order valence-electron chi connectivity index (χ3n) is 3.67. The van der Waals surface area contributed by atoms with Gasteiger partial charge in [-0.1, -0.05) is 13.8 Å². The van der Waals surface area contributed by atoms with Gasteiger partial charge in [0.1, 0.15) is 5.69 Å². The maximum Gasteiger partial charge on any atom is 0.269 e. The van der Waals surface area contributed by atoms with E-state index in [2.05, 4.69) is 22.7 Å². The summed E-state index contributed by atoms with van der Waals surface area (Å²) in [5.41, 5.74) is 1.60. The lowest BCUT2D eigenvalue weighted by molar-refractivity contribution is 0.0905. The number of rotatable bonds is 3. The minimum atomic E-state index is -0.0229. The standard InChI is InChI=1S/C13H22N4O/c1-4-10-7-12(17(3)16-10)13(18)15-11-8-14-6-5-9(11)2/h7,9,11,14H,4-6,8H2,1-3H3,(H,15,18). The molecule has 2 unspecified atom stereocenters. The highest BCUT2D eigenvalue weighted by Crippen LogP contribution is 2.12. The average Bonchev–Trinajstić information content (AvgIpc) is 2.73. The Hall–Kier alpha value is -1.36. The minimum absolute atomic E-state index is 0.0229. The van der Waals surface area contributed by atoms with E-state index in [1.165, 1.54) is 0 Å². The van der Waals surface area contributed by atoms with Crippen molar-refractivity contribution in [2.45, 2.75) is 32.7 Å². The van der Waals surface area contributed by atoms with E-state index >= 15 is 0 Å². The molecule has 0 spiro atoms. The summed E-state index contributed by atoms with van der Waals surface area (Å²) in [6.07, 6.45) is 1.96. The molecule has 0 bridgehead atoms. The van der Waals surface area contributed by atoms with Crippen LogP contribution in [0.1, 0.15) is 36.5 Å². The molecule has 0 radical (unpaired) electrons. The number of hydrogen-bond donors (Lipinski definition) is 2. The first-order valence-electron chi connectivity index (χ1n) is 6.66. The lowest BCUT2D eigenvalue weighted by atomic mass is 9.95. The molecule has 5 heteroatoms. The van der Waals surface area contributed by atoms with E-state index in [-0.39, 0.29) is 11.9 Å². The van der Waals surface area contributed by atoms with Gasteiger partial charge < -0.3 is 10.6 Å². The molecule has 1 aromatic rings. The summed E-state index contributed by atoms with van der Waals surface area (Å²) >= 11 is 0. The minimum Gasteiger partial charge on any atom is -0.346 e. The van der Waals surface area contributed by atoms with Crippen LogP contribution < -0.4 is 10.6 Å². The molecule has 1 fully saturated rings. The summed E-state index contributed by atoms with van der Waals surface area (Å²) in [6.45, 7) is 6.12. The molecule has 100 valence electrons. The third kappa shape index (κ3) is 2.72. The van der Waals surface area contributed by atoms with Crippen LogP contribution in [0.2, 0.25) is 0 Å². The number of aryl methyl sites for hydroxylation is 2. The molecule has 0 saturated carbocycles. The molecule has 18 heavy (non-hydrogen) atoms. The van der Waals surface area contributed by atoms with Crippen molar-refractivity contribution in [1.82, 2.24) is 20.4 Å². The van der Waals surface area contributed by atoms with E-state index in [1.54, 1.807) is 4.68 Å². The van der Waals surface area contributed by atoms with Crippen LogP contribution >= 0.6 is 0 Å². The van der Waals surface area contributed by atoms with Crippen LogP contribution in [-0.2, 0) is 13.5 Å². The average molecular weight is 250 g/mol. The number of carbonyl (C=O) groups excluding carboxylic acids is 1. The van der Waals surface area contributed by atoms with Crippen molar-refractivity contribution < 1.29 is 4.79 Å². The van der Waals surface area contributed by atoms with E-state index < -0.39 is 0 Å². The molecule has 1 aromatic heterocycles. The Balaban J connectivity index is 2.04. The first-order chi connectivity index (χ1) is 8.61. The van der Waals surface area contributed by atoms with Crippen molar-refractivity contribution in [2.24, 2.45) is 13.0 Å². The van der Waals surface area contributed by atoms with Crippen molar-refractivity contribution in [1.29, 1.82) is 0 Å². The smallest absolute Gasteiger partial charge is 0.269 e. The van der Waals surface area contributed by atoms with Crippen molar-refractivity contribution >= 4 is 5.91 Å². The lowest BCUT2D eigenvalue weighted by Crippen LogP contribution is -2.50. The molecule has 1 amide bonds. The van der Waals surface area contributed by atoms with Crippen LogP contribution in [0.4, 0.5) is 0 Å². The molecule has 1 aliphatic rings. The first kappa shape index (κ1) is 13.1. The highest BCUT2D eigenvalue weighted by atomic mass is 16.2. The molecule has 2 heterocycles. The second-order valence-electron chi connectivity index (χ2n) is 5.05. The Kier molecular flexibility index (Phi) is 4.01. The van der Waals surface area contributed by atoms with Crippen LogP contribution in [0.25, 0.3) is 0 Å². The first-order valence-corrected chi connectivity index (χ1v) is 6.66. The molecular weight excluding hydrogens is 228 g/mol. The Morgan fingerprint density at radius 1 is 1.67 bits per heavy atom. The lowest BCUT2D eigenvalue weighted by Gasteiger charge is -2.30. The predicted molar refractivity (Wildman–Crippen MR) is 70.5 cm³/mol. The molecule has 0 aliphatic carbocycles. The number of hydrogen-bond acceptors (Lipinski definition) is 3. The highest BCUT2D eigenvalue weighted by Gasteiger charge is 2.24. The Bertz CT molecular complexity index is 427. The summed E-state index contributed by atoms with van der Waals surface area (Å²) in [6, 6.07) is 2.09. The summed E-state index contributed by atoms with van der Waals surface area (Å²) in [7, 11) is 1.82. The number of nitrogens with zero attached hydrogens (tertiary/aromatic N) is 2. The third-order valence-corrected chi connectivity index (χ3v) is 3.67. The summed E-state index contributed by atoms with van der Waals surface area (Å²) < 4.78 is 1.66. The summed E-state index contributed by atoms with van der Waals surface area (Å²) in [5.74, 6) is 0.499. The van der Waals surface area contributed by atoms with Crippen LogP contribution in [0.15, 0.2) is 6.07 Å². The zero-order valence-electron chi connectivity index (χ0n) is 11.4. The van der Waals surface area contributed by atoms with Gasteiger partial charge in [0.05, 0.1) is 5.69 Å². The van der Waals surface area contributed by atoms with Crippen LogP contribution in [0.3, 0.4) is 0 Å². The van der Waals surface area contributed by atoms with E-state index in [0.717, 1.165) is 31.6 Å². The van der Waals surface area contributed by atoms with E-state index in [4.69, 9.17) is 0 Å². The molecule has 0 aromatic carbocycles. The highest BCUT2D eigenvalue weighted by molar-refractivity contribution is 5.92. The molecule has 5 nitrogen and oxygen atoms in total. The number of aromatic nitrogens is 2. The van der Waals surface area contributed by atoms with Crippen molar-refractivity contribution in [2.75, 3.05) is 13.1 Å². The van der Waals surface area contributed by atoms with Gasteiger partial charge in [0.25, 0.3) is 5.91 Å². The fourth-order valence-electron chi connectivity index (χ4n) is 2.34. The molecule has 2 N–H and O–H groups in total. The Morgan fingerprint density at radius 3 is 3.06 bits per heavy atom. The molecule has 1 saturated heterocycles. The number of nitrogens with one attached hydrogen (secondary N) is 2. The van der Waals surface area contributed by atoms with Gasteiger partial charge in [0, 0.05) is 19.6 Å². The molecule has 2 rings (SSSR count). The van der Waals surface area contributed by atoms with Crippen LogP contribution in [0.5, 0.6) is 0 Å². The van der Waals surface area contributed by atoms with Crippen molar-refractivity contribution in [3.8, 4) is 0 Å². The van der Waals surface area contributed by atoms with E-state index in [9.17, 15) is 4.79 Å². The zero-order chi connectivity index (χ0) is 13.1. The monoisotopic (exact) mass is 250 g/mol.